The smallest absolute Gasteiger partial charge is 0.277 e. The highest BCUT2D eigenvalue weighted by Gasteiger charge is 2.12. The Balaban J connectivity index is 1.91. The number of nitrogens with zero attached hydrogens (tertiary/aromatic N) is 3. The Kier molecular flexibility index (Phi) is 5.78. The molecule has 0 aliphatic carbocycles. The van der Waals surface area contributed by atoms with Crippen LogP contribution < -0.4 is 5.32 Å². The third-order valence-electron chi connectivity index (χ3n) is 2.40. The third kappa shape index (κ3) is 4.58. The Morgan fingerprint density at radius 3 is 3.00 bits per heavy atom. The van der Waals surface area contributed by atoms with E-state index in [0.717, 1.165) is 21.8 Å². The van der Waals surface area contributed by atoms with E-state index in [-0.39, 0.29) is 11.7 Å². The van der Waals surface area contributed by atoms with Crippen molar-refractivity contribution in [2.45, 2.75) is 11.6 Å². The first-order valence-corrected chi connectivity index (χ1v) is 7.83. The molecule has 0 radical (unpaired) electrons. The molecule has 0 unspecified atom stereocenters. The summed E-state index contributed by atoms with van der Waals surface area (Å²) in [6, 6.07) is 9.47. The van der Waals surface area contributed by atoms with Crippen LogP contribution in [0.25, 0.3) is 11.5 Å². The van der Waals surface area contributed by atoms with Crippen LogP contribution in [0.5, 0.6) is 0 Å². The van der Waals surface area contributed by atoms with Gasteiger partial charge in [0.1, 0.15) is 0 Å². The lowest BCUT2D eigenvalue weighted by Crippen LogP contribution is -2.25. The summed E-state index contributed by atoms with van der Waals surface area (Å²) >= 11 is 4.57. The minimum Gasteiger partial charge on any atom is -0.411 e. The molecule has 1 heterocycles. The van der Waals surface area contributed by atoms with E-state index in [1.54, 1.807) is 0 Å². The molecule has 1 aromatic heterocycles. The maximum atomic E-state index is 11.5. The molecule has 0 saturated heterocycles. The summed E-state index contributed by atoms with van der Waals surface area (Å²) in [6.45, 7) is 0.349. The van der Waals surface area contributed by atoms with Crippen LogP contribution in [0.4, 0.5) is 0 Å². The van der Waals surface area contributed by atoms with E-state index in [0.29, 0.717) is 24.1 Å². The summed E-state index contributed by atoms with van der Waals surface area (Å²) in [5.41, 5.74) is 0.801. The van der Waals surface area contributed by atoms with Crippen LogP contribution in [0.15, 0.2) is 38.4 Å². The predicted molar refractivity (Wildman–Crippen MR) is 81.4 cm³/mol. The van der Waals surface area contributed by atoms with Crippen LogP contribution in [-0.4, -0.2) is 28.4 Å². The monoisotopic (exact) mass is 366 g/mol. The number of nitriles is 1. The van der Waals surface area contributed by atoms with Crippen LogP contribution in [-0.2, 0) is 4.79 Å². The number of aromatic nitrogens is 2. The highest BCUT2D eigenvalue weighted by atomic mass is 79.9. The van der Waals surface area contributed by atoms with Gasteiger partial charge >= 0.3 is 0 Å². The number of halogens is 1. The molecule has 0 bridgehead atoms. The molecule has 0 atom stereocenters. The van der Waals surface area contributed by atoms with Crippen molar-refractivity contribution in [3.63, 3.8) is 0 Å². The molecule has 0 aliphatic rings. The Morgan fingerprint density at radius 1 is 1.43 bits per heavy atom. The molecule has 1 N–H and O–H groups in total. The summed E-state index contributed by atoms with van der Waals surface area (Å²) in [7, 11) is 0. The summed E-state index contributed by atoms with van der Waals surface area (Å²) < 4.78 is 6.37. The maximum absolute atomic E-state index is 11.5. The normalized spacial score (nSPS) is 10.1. The van der Waals surface area contributed by atoms with Crippen LogP contribution in [0.1, 0.15) is 6.42 Å². The zero-order valence-electron chi connectivity index (χ0n) is 10.9. The Bertz CT molecular complexity index is 668. The summed E-state index contributed by atoms with van der Waals surface area (Å²) in [5, 5.41) is 19.2. The zero-order valence-corrected chi connectivity index (χ0v) is 13.3. The zero-order chi connectivity index (χ0) is 15.1. The van der Waals surface area contributed by atoms with Gasteiger partial charge in [-0.05, 0) is 28.1 Å². The highest BCUT2D eigenvalue weighted by Crippen LogP contribution is 2.28. The largest absolute Gasteiger partial charge is 0.411 e. The van der Waals surface area contributed by atoms with Gasteiger partial charge in [-0.2, -0.15) is 5.26 Å². The van der Waals surface area contributed by atoms with Gasteiger partial charge in [0.2, 0.25) is 11.8 Å². The first-order valence-electron chi connectivity index (χ1n) is 6.05. The molecule has 2 rings (SSSR count). The average molecular weight is 367 g/mol. The van der Waals surface area contributed by atoms with Crippen molar-refractivity contribution in [2.24, 2.45) is 0 Å². The van der Waals surface area contributed by atoms with E-state index < -0.39 is 0 Å². The predicted octanol–water partition coefficient (Wildman–Crippen LogP) is 2.62. The van der Waals surface area contributed by atoms with Gasteiger partial charge in [-0.25, -0.2) is 0 Å². The minimum absolute atomic E-state index is 0.170. The van der Waals surface area contributed by atoms with E-state index in [9.17, 15) is 4.79 Å². The van der Waals surface area contributed by atoms with Crippen molar-refractivity contribution in [1.29, 1.82) is 5.26 Å². The fourth-order valence-electron chi connectivity index (χ4n) is 1.45. The number of benzene rings is 1. The molecule has 0 aliphatic heterocycles. The van der Waals surface area contributed by atoms with Crippen LogP contribution in [0.2, 0.25) is 0 Å². The second-order valence-corrected chi connectivity index (χ2v) is 5.68. The molecule has 8 heteroatoms. The molecule has 6 nitrogen and oxygen atoms in total. The summed E-state index contributed by atoms with van der Waals surface area (Å²) in [4.78, 5) is 11.5. The van der Waals surface area contributed by atoms with Crippen molar-refractivity contribution in [1.82, 2.24) is 15.5 Å². The van der Waals surface area contributed by atoms with Crippen molar-refractivity contribution in [3.8, 4) is 17.5 Å². The van der Waals surface area contributed by atoms with Crippen molar-refractivity contribution in [3.05, 3.63) is 28.7 Å². The standard InChI is InChI=1S/C13H11BrN4O2S/c14-10-5-2-1-4-9(10)12-17-18-13(20-12)21-8-11(19)16-7-3-6-15/h1-2,4-5H,3,7-8H2,(H,16,19). The van der Waals surface area contributed by atoms with E-state index in [2.05, 4.69) is 31.4 Å². The average Bonchev–Trinajstić information content (AvgIpc) is 2.94. The lowest BCUT2D eigenvalue weighted by molar-refractivity contribution is -0.118. The number of amides is 1. The van der Waals surface area contributed by atoms with Crippen LogP contribution >= 0.6 is 27.7 Å². The molecule has 0 saturated carbocycles. The van der Waals surface area contributed by atoms with E-state index in [4.69, 9.17) is 9.68 Å². The fraction of sp³-hybridized carbons (Fsp3) is 0.231. The minimum atomic E-state index is -0.170. The molecule has 0 fully saturated rings. The van der Waals surface area contributed by atoms with Gasteiger partial charge in [-0.1, -0.05) is 23.9 Å². The van der Waals surface area contributed by atoms with Crippen molar-refractivity contribution < 1.29 is 9.21 Å². The van der Waals surface area contributed by atoms with Gasteiger partial charge < -0.3 is 9.73 Å². The fourth-order valence-corrected chi connectivity index (χ4v) is 2.50. The lowest BCUT2D eigenvalue weighted by atomic mass is 10.2. The second-order valence-electron chi connectivity index (χ2n) is 3.90. The van der Waals surface area contributed by atoms with E-state index in [1.807, 2.05) is 30.3 Å². The number of carbonyl (C=O) groups excluding carboxylic acids is 1. The van der Waals surface area contributed by atoms with Gasteiger partial charge in [-0.15, -0.1) is 10.2 Å². The second kappa shape index (κ2) is 7.81. The van der Waals surface area contributed by atoms with Crippen molar-refractivity contribution >= 4 is 33.6 Å². The van der Waals surface area contributed by atoms with Gasteiger partial charge in [0.15, 0.2) is 0 Å². The Morgan fingerprint density at radius 2 is 2.24 bits per heavy atom. The first kappa shape index (κ1) is 15.5. The number of rotatable bonds is 6. The molecule has 1 aromatic carbocycles. The third-order valence-corrected chi connectivity index (χ3v) is 3.91. The molecule has 108 valence electrons. The SMILES string of the molecule is N#CCCNC(=O)CSc1nnc(-c2ccccc2Br)o1. The number of nitrogens with one attached hydrogen (secondary N) is 1. The highest BCUT2D eigenvalue weighted by molar-refractivity contribution is 9.10. The molecule has 21 heavy (non-hydrogen) atoms. The van der Waals surface area contributed by atoms with Gasteiger partial charge in [-0.3, -0.25) is 4.79 Å². The Labute approximate surface area is 134 Å². The van der Waals surface area contributed by atoms with E-state index >= 15 is 0 Å². The number of hydrogen-bond acceptors (Lipinski definition) is 6. The number of thioether (sulfide) groups is 1. The quantitative estimate of drug-likeness (QED) is 0.623. The van der Waals surface area contributed by atoms with Crippen LogP contribution in [0, 0.1) is 11.3 Å². The molecule has 1 amide bonds. The van der Waals surface area contributed by atoms with Gasteiger partial charge in [0.05, 0.1) is 23.8 Å². The number of hydrogen-bond donors (Lipinski definition) is 1. The Hall–Kier alpha value is -1.85. The molecule has 2 aromatic rings. The summed E-state index contributed by atoms with van der Waals surface area (Å²) in [6.07, 6.45) is 0.295. The van der Waals surface area contributed by atoms with Gasteiger partial charge in [0, 0.05) is 11.0 Å². The topological polar surface area (TPSA) is 91.8 Å². The molecular formula is C13H11BrN4O2S. The first-order chi connectivity index (χ1) is 10.2. The summed E-state index contributed by atoms with van der Waals surface area (Å²) in [5.74, 6) is 0.397. The van der Waals surface area contributed by atoms with Crippen molar-refractivity contribution in [2.75, 3.05) is 12.3 Å². The van der Waals surface area contributed by atoms with E-state index in [1.165, 1.54) is 0 Å². The number of carbonyl (C=O) groups is 1. The molecule has 0 spiro atoms. The lowest BCUT2D eigenvalue weighted by Gasteiger charge is -2.00. The van der Waals surface area contributed by atoms with Gasteiger partial charge in [0.25, 0.3) is 5.22 Å². The maximum Gasteiger partial charge on any atom is 0.277 e. The van der Waals surface area contributed by atoms with Crippen LogP contribution in [0.3, 0.4) is 0 Å². The molecular weight excluding hydrogens is 356 g/mol.